The molecule has 1 aromatic rings. The molecule has 148 valence electrons. The smallest absolute Gasteiger partial charge is 0.244 e. The standard InChI is InChI=1S/C17H21ClN2O6S/c1-25-14-8-11(7-13(18)17(14)26-2)3-4-15(21)19-9-16(22)20-12-5-6-27(23,24)10-12/h3-4,7-8,12H,5-6,9-10H2,1-2H3,(H,19,21)(H,20,22)/b4-3+/t12-/m0/s1. The highest BCUT2D eigenvalue weighted by Gasteiger charge is 2.28. The molecular formula is C17H21ClN2O6S. The summed E-state index contributed by atoms with van der Waals surface area (Å²) in [4.78, 5) is 23.7. The summed E-state index contributed by atoms with van der Waals surface area (Å²) in [5, 5.41) is 5.37. The summed E-state index contributed by atoms with van der Waals surface area (Å²) >= 11 is 6.10. The third-order valence-electron chi connectivity index (χ3n) is 3.90. The number of methoxy groups -OCH3 is 2. The van der Waals surface area contributed by atoms with Crippen LogP contribution in [0.4, 0.5) is 0 Å². The second-order valence-corrected chi connectivity index (χ2v) is 8.59. The van der Waals surface area contributed by atoms with Crippen LogP contribution < -0.4 is 20.1 Å². The number of rotatable bonds is 7. The molecule has 0 unspecified atom stereocenters. The van der Waals surface area contributed by atoms with Crippen molar-refractivity contribution in [3.8, 4) is 11.5 Å². The molecule has 10 heteroatoms. The van der Waals surface area contributed by atoms with Gasteiger partial charge in [-0.1, -0.05) is 11.6 Å². The maximum atomic E-state index is 11.9. The molecule has 0 aliphatic carbocycles. The van der Waals surface area contributed by atoms with Gasteiger partial charge in [-0.25, -0.2) is 8.42 Å². The van der Waals surface area contributed by atoms with Crippen molar-refractivity contribution in [3.05, 3.63) is 28.8 Å². The SMILES string of the molecule is COc1cc(/C=C/C(=O)NCC(=O)N[C@H]2CCS(=O)(=O)C2)cc(Cl)c1OC. The summed E-state index contributed by atoms with van der Waals surface area (Å²) in [6, 6.07) is 2.87. The number of ether oxygens (including phenoxy) is 2. The molecule has 0 bridgehead atoms. The third kappa shape index (κ3) is 6.14. The van der Waals surface area contributed by atoms with Crippen LogP contribution in [0.5, 0.6) is 11.5 Å². The Morgan fingerprint density at radius 2 is 2.04 bits per heavy atom. The highest BCUT2D eigenvalue weighted by molar-refractivity contribution is 7.91. The van der Waals surface area contributed by atoms with E-state index < -0.39 is 27.7 Å². The molecule has 2 rings (SSSR count). The topological polar surface area (TPSA) is 111 Å². The van der Waals surface area contributed by atoms with Crippen LogP contribution in [0.25, 0.3) is 6.08 Å². The Kier molecular flexibility index (Phi) is 7.09. The Morgan fingerprint density at radius 1 is 1.30 bits per heavy atom. The minimum atomic E-state index is -3.07. The van der Waals surface area contributed by atoms with E-state index in [1.807, 2.05) is 0 Å². The van der Waals surface area contributed by atoms with E-state index >= 15 is 0 Å². The Morgan fingerprint density at radius 3 is 2.63 bits per heavy atom. The summed E-state index contributed by atoms with van der Waals surface area (Å²) in [5.74, 6) is -0.0847. The van der Waals surface area contributed by atoms with E-state index in [1.54, 1.807) is 12.1 Å². The lowest BCUT2D eigenvalue weighted by molar-refractivity contribution is -0.124. The highest BCUT2D eigenvalue weighted by atomic mass is 35.5. The molecule has 1 saturated heterocycles. The largest absolute Gasteiger partial charge is 0.493 e. The van der Waals surface area contributed by atoms with Gasteiger partial charge in [-0.3, -0.25) is 9.59 Å². The average Bonchev–Trinajstić information content (AvgIpc) is 2.95. The maximum Gasteiger partial charge on any atom is 0.244 e. The monoisotopic (exact) mass is 416 g/mol. The lowest BCUT2D eigenvalue weighted by Gasteiger charge is -2.11. The van der Waals surface area contributed by atoms with Crippen LogP contribution in [0.2, 0.25) is 5.02 Å². The minimum Gasteiger partial charge on any atom is -0.493 e. The lowest BCUT2D eigenvalue weighted by Crippen LogP contribution is -2.42. The minimum absolute atomic E-state index is 0.0628. The first-order valence-electron chi connectivity index (χ1n) is 8.11. The third-order valence-corrected chi connectivity index (χ3v) is 5.95. The second-order valence-electron chi connectivity index (χ2n) is 5.96. The lowest BCUT2D eigenvalue weighted by atomic mass is 10.2. The molecule has 0 spiro atoms. The summed E-state index contributed by atoms with van der Waals surface area (Å²) < 4.78 is 33.0. The van der Waals surface area contributed by atoms with Gasteiger partial charge in [-0.05, 0) is 30.2 Å². The summed E-state index contributed by atoms with van der Waals surface area (Å²) in [5.41, 5.74) is 0.619. The van der Waals surface area contributed by atoms with Crippen LogP contribution >= 0.6 is 11.6 Å². The molecule has 1 fully saturated rings. The molecule has 1 heterocycles. The number of carbonyl (C=O) groups is 2. The van der Waals surface area contributed by atoms with Crippen molar-refractivity contribution in [2.24, 2.45) is 0 Å². The van der Waals surface area contributed by atoms with Crippen molar-refractivity contribution in [1.29, 1.82) is 0 Å². The Hall–Kier alpha value is -2.26. The van der Waals surface area contributed by atoms with Crippen LogP contribution in [0, 0.1) is 0 Å². The zero-order valence-electron chi connectivity index (χ0n) is 15.0. The molecule has 0 saturated carbocycles. The molecule has 2 amide bonds. The van der Waals surface area contributed by atoms with Crippen molar-refractivity contribution in [1.82, 2.24) is 10.6 Å². The highest BCUT2D eigenvalue weighted by Crippen LogP contribution is 2.36. The molecule has 1 aliphatic rings. The predicted molar refractivity (Wildman–Crippen MR) is 102 cm³/mol. The number of hydrogen-bond acceptors (Lipinski definition) is 6. The van der Waals surface area contributed by atoms with Crippen molar-refractivity contribution in [3.63, 3.8) is 0 Å². The molecule has 0 radical (unpaired) electrons. The molecule has 8 nitrogen and oxygen atoms in total. The number of halogens is 1. The van der Waals surface area contributed by atoms with Crippen molar-refractivity contribution < 1.29 is 27.5 Å². The van der Waals surface area contributed by atoms with Crippen LogP contribution in [0.1, 0.15) is 12.0 Å². The van der Waals surface area contributed by atoms with Gasteiger partial charge in [0.1, 0.15) is 0 Å². The van der Waals surface area contributed by atoms with Crippen LogP contribution in [0.3, 0.4) is 0 Å². The fourth-order valence-electron chi connectivity index (χ4n) is 2.62. The summed E-state index contributed by atoms with van der Waals surface area (Å²) in [7, 11) is -0.123. The van der Waals surface area contributed by atoms with Crippen LogP contribution in [0.15, 0.2) is 18.2 Å². The normalized spacial score (nSPS) is 18.3. The first-order valence-corrected chi connectivity index (χ1v) is 10.3. The fourth-order valence-corrected chi connectivity index (χ4v) is 4.59. The summed E-state index contributed by atoms with van der Waals surface area (Å²) in [6.45, 7) is -0.244. The number of amides is 2. The molecule has 27 heavy (non-hydrogen) atoms. The van der Waals surface area contributed by atoms with Crippen molar-refractivity contribution in [2.45, 2.75) is 12.5 Å². The van der Waals surface area contributed by atoms with Gasteiger partial charge in [-0.2, -0.15) is 0 Å². The van der Waals surface area contributed by atoms with Gasteiger partial charge in [-0.15, -0.1) is 0 Å². The van der Waals surface area contributed by atoms with Gasteiger partial charge < -0.3 is 20.1 Å². The van der Waals surface area contributed by atoms with E-state index in [-0.39, 0.29) is 18.1 Å². The quantitative estimate of drug-likeness (QED) is 0.636. The first kappa shape index (κ1) is 21.0. The number of hydrogen-bond donors (Lipinski definition) is 2. The Bertz CT molecular complexity index is 853. The van der Waals surface area contributed by atoms with Gasteiger partial charge in [0, 0.05) is 12.1 Å². The number of nitrogens with one attached hydrogen (secondary N) is 2. The van der Waals surface area contributed by atoms with Crippen LogP contribution in [-0.4, -0.2) is 58.5 Å². The zero-order valence-corrected chi connectivity index (χ0v) is 16.5. The average molecular weight is 417 g/mol. The summed E-state index contributed by atoms with van der Waals surface area (Å²) in [6.07, 6.45) is 3.16. The molecule has 1 aliphatic heterocycles. The van der Waals surface area contributed by atoms with Gasteiger partial charge in [0.25, 0.3) is 0 Å². The van der Waals surface area contributed by atoms with E-state index in [0.29, 0.717) is 28.5 Å². The Balaban J connectivity index is 1.86. The van der Waals surface area contributed by atoms with E-state index in [2.05, 4.69) is 10.6 Å². The number of carbonyl (C=O) groups excluding carboxylic acids is 2. The number of sulfone groups is 1. The van der Waals surface area contributed by atoms with Crippen molar-refractivity contribution in [2.75, 3.05) is 32.3 Å². The predicted octanol–water partition coefficient (Wildman–Crippen LogP) is 0.790. The Labute approximate surface area is 162 Å². The van der Waals surface area contributed by atoms with Gasteiger partial charge >= 0.3 is 0 Å². The van der Waals surface area contributed by atoms with Crippen LogP contribution in [-0.2, 0) is 19.4 Å². The molecule has 2 N–H and O–H groups in total. The molecule has 0 aromatic heterocycles. The van der Waals surface area contributed by atoms with Gasteiger partial charge in [0.2, 0.25) is 11.8 Å². The van der Waals surface area contributed by atoms with Crippen molar-refractivity contribution >= 4 is 39.3 Å². The maximum absolute atomic E-state index is 11.9. The molecule has 1 aromatic carbocycles. The van der Waals surface area contributed by atoms with Gasteiger partial charge in [0.05, 0.1) is 37.3 Å². The van der Waals surface area contributed by atoms with Gasteiger partial charge in [0.15, 0.2) is 21.3 Å². The zero-order chi connectivity index (χ0) is 20.0. The van der Waals surface area contributed by atoms with E-state index in [9.17, 15) is 18.0 Å². The first-order chi connectivity index (χ1) is 12.7. The van der Waals surface area contributed by atoms with E-state index in [0.717, 1.165) is 0 Å². The van der Waals surface area contributed by atoms with E-state index in [4.69, 9.17) is 21.1 Å². The molecule has 1 atom stereocenters. The van der Waals surface area contributed by atoms with E-state index in [1.165, 1.54) is 26.4 Å². The molecular weight excluding hydrogens is 396 g/mol. The number of benzene rings is 1. The second kappa shape index (κ2) is 9.09. The fraction of sp³-hybridized carbons (Fsp3) is 0.412.